The van der Waals surface area contributed by atoms with Gasteiger partial charge in [0.2, 0.25) is 0 Å². The number of pyridine rings is 1. The zero-order valence-corrected chi connectivity index (χ0v) is 10.3. The normalized spacial score (nSPS) is 10.6. The minimum atomic E-state index is -0.0688. The summed E-state index contributed by atoms with van der Waals surface area (Å²) in [6.07, 6.45) is 3.74. The number of aliphatic hydroxyl groups excluding tert-OH is 1. The second kappa shape index (κ2) is 5.04. The molecule has 0 saturated carbocycles. The summed E-state index contributed by atoms with van der Waals surface area (Å²) in [6, 6.07) is 15.6. The molecule has 0 bridgehead atoms. The van der Waals surface area contributed by atoms with Gasteiger partial charge in [-0.25, -0.2) is 9.67 Å². The fraction of sp³-hybridized carbons (Fsp3) is 0.0667. The van der Waals surface area contributed by atoms with Gasteiger partial charge in [-0.2, -0.15) is 5.10 Å². The minimum Gasteiger partial charge on any atom is -0.390 e. The van der Waals surface area contributed by atoms with Crippen molar-refractivity contribution in [1.82, 2.24) is 14.8 Å². The Bertz CT molecular complexity index is 677. The van der Waals surface area contributed by atoms with Crippen molar-refractivity contribution in [2.75, 3.05) is 0 Å². The van der Waals surface area contributed by atoms with E-state index in [4.69, 9.17) is 5.11 Å². The number of hydrogen-bond donors (Lipinski definition) is 1. The summed E-state index contributed by atoms with van der Waals surface area (Å²) in [5.74, 6) is 0.703. The molecule has 3 aromatic rings. The van der Waals surface area contributed by atoms with Crippen LogP contribution in [0.5, 0.6) is 0 Å². The molecule has 0 saturated heterocycles. The molecule has 0 aliphatic heterocycles. The molecule has 0 atom stereocenters. The average Bonchev–Trinajstić information content (AvgIpc) is 2.98. The van der Waals surface area contributed by atoms with E-state index in [1.165, 1.54) is 0 Å². The van der Waals surface area contributed by atoms with Gasteiger partial charge in [0, 0.05) is 11.8 Å². The summed E-state index contributed by atoms with van der Waals surface area (Å²) in [7, 11) is 0. The van der Waals surface area contributed by atoms with Gasteiger partial charge in [-0.3, -0.25) is 0 Å². The quantitative estimate of drug-likeness (QED) is 0.777. The number of hydrogen-bond acceptors (Lipinski definition) is 3. The van der Waals surface area contributed by atoms with Gasteiger partial charge in [-0.15, -0.1) is 0 Å². The zero-order chi connectivity index (χ0) is 13.1. The molecule has 3 rings (SSSR count). The highest BCUT2D eigenvalue weighted by molar-refractivity contribution is 5.61. The third-order valence-electron chi connectivity index (χ3n) is 2.88. The topological polar surface area (TPSA) is 50.9 Å². The number of benzene rings is 1. The lowest BCUT2D eigenvalue weighted by Crippen LogP contribution is -2.00. The Hall–Kier alpha value is -2.46. The first-order valence-electron chi connectivity index (χ1n) is 6.04. The van der Waals surface area contributed by atoms with Crippen molar-refractivity contribution in [2.45, 2.75) is 6.61 Å². The third-order valence-corrected chi connectivity index (χ3v) is 2.88. The third kappa shape index (κ3) is 2.39. The summed E-state index contributed by atoms with van der Waals surface area (Å²) < 4.78 is 1.71. The molecule has 0 radical (unpaired) electrons. The van der Waals surface area contributed by atoms with Crippen LogP contribution in [0.4, 0.5) is 0 Å². The Labute approximate surface area is 111 Å². The van der Waals surface area contributed by atoms with E-state index < -0.39 is 0 Å². The van der Waals surface area contributed by atoms with Gasteiger partial charge >= 0.3 is 0 Å². The van der Waals surface area contributed by atoms with Gasteiger partial charge in [0.25, 0.3) is 0 Å². The molecule has 2 aromatic heterocycles. The van der Waals surface area contributed by atoms with Gasteiger partial charge in [0.1, 0.15) is 0 Å². The summed E-state index contributed by atoms with van der Waals surface area (Å²) in [4.78, 5) is 4.32. The standard InChI is InChI=1S/C15H13N3O/c19-11-14-7-4-8-15(17-14)18-10-13(9-16-18)12-5-2-1-3-6-12/h1-10,19H,11H2. The molecule has 0 spiro atoms. The predicted molar refractivity (Wildman–Crippen MR) is 72.7 cm³/mol. The Morgan fingerprint density at radius 3 is 2.58 bits per heavy atom. The molecule has 4 nitrogen and oxygen atoms in total. The zero-order valence-electron chi connectivity index (χ0n) is 10.3. The largest absolute Gasteiger partial charge is 0.390 e. The Morgan fingerprint density at radius 2 is 1.79 bits per heavy atom. The summed E-state index contributed by atoms with van der Waals surface area (Å²) in [5.41, 5.74) is 2.79. The highest BCUT2D eigenvalue weighted by Crippen LogP contribution is 2.19. The van der Waals surface area contributed by atoms with Crippen molar-refractivity contribution in [3.05, 3.63) is 66.6 Å². The first kappa shape index (κ1) is 11.6. The molecule has 94 valence electrons. The second-order valence-corrected chi connectivity index (χ2v) is 4.18. The van der Waals surface area contributed by atoms with Crippen molar-refractivity contribution in [2.24, 2.45) is 0 Å². The lowest BCUT2D eigenvalue weighted by molar-refractivity contribution is 0.276. The molecular weight excluding hydrogens is 238 g/mol. The Balaban J connectivity index is 1.97. The number of aliphatic hydroxyl groups is 1. The summed E-state index contributed by atoms with van der Waals surface area (Å²) in [5, 5.41) is 13.4. The van der Waals surface area contributed by atoms with E-state index in [9.17, 15) is 0 Å². The van der Waals surface area contributed by atoms with Crippen LogP contribution in [-0.2, 0) is 6.61 Å². The van der Waals surface area contributed by atoms with Crippen molar-refractivity contribution in [3.63, 3.8) is 0 Å². The van der Waals surface area contributed by atoms with Crippen LogP contribution in [0.3, 0.4) is 0 Å². The molecule has 19 heavy (non-hydrogen) atoms. The lowest BCUT2D eigenvalue weighted by Gasteiger charge is -2.01. The van der Waals surface area contributed by atoms with Crippen molar-refractivity contribution >= 4 is 0 Å². The highest BCUT2D eigenvalue weighted by Gasteiger charge is 2.04. The van der Waals surface area contributed by atoms with Crippen LogP contribution < -0.4 is 0 Å². The van der Waals surface area contributed by atoms with Crippen LogP contribution in [0.25, 0.3) is 16.9 Å². The lowest BCUT2D eigenvalue weighted by atomic mass is 10.1. The molecular formula is C15H13N3O. The molecule has 0 fully saturated rings. The maximum Gasteiger partial charge on any atom is 0.153 e. The number of aromatic nitrogens is 3. The maximum atomic E-state index is 9.10. The van der Waals surface area contributed by atoms with Crippen molar-refractivity contribution in [3.8, 4) is 16.9 Å². The molecule has 4 heteroatoms. The molecule has 1 N–H and O–H groups in total. The minimum absolute atomic E-state index is 0.0688. The monoisotopic (exact) mass is 251 g/mol. The van der Waals surface area contributed by atoms with Gasteiger partial charge in [-0.1, -0.05) is 36.4 Å². The van der Waals surface area contributed by atoms with Crippen LogP contribution in [0, 0.1) is 0 Å². The van der Waals surface area contributed by atoms with E-state index in [1.54, 1.807) is 10.7 Å². The molecule has 1 aromatic carbocycles. The Kier molecular flexibility index (Phi) is 3.08. The SMILES string of the molecule is OCc1cccc(-n2cc(-c3ccccc3)cn2)n1. The number of rotatable bonds is 3. The van der Waals surface area contributed by atoms with E-state index in [-0.39, 0.29) is 6.61 Å². The molecule has 2 heterocycles. The summed E-state index contributed by atoms with van der Waals surface area (Å²) >= 11 is 0. The molecule has 0 aliphatic rings. The van der Waals surface area contributed by atoms with Crippen molar-refractivity contribution in [1.29, 1.82) is 0 Å². The van der Waals surface area contributed by atoms with E-state index >= 15 is 0 Å². The van der Waals surface area contributed by atoms with Crippen molar-refractivity contribution < 1.29 is 5.11 Å². The van der Waals surface area contributed by atoms with Crippen LogP contribution >= 0.6 is 0 Å². The summed E-state index contributed by atoms with van der Waals surface area (Å²) in [6.45, 7) is -0.0688. The van der Waals surface area contributed by atoms with E-state index in [0.29, 0.717) is 11.5 Å². The fourth-order valence-corrected chi connectivity index (χ4v) is 1.91. The van der Waals surface area contributed by atoms with Crippen LogP contribution in [0.2, 0.25) is 0 Å². The van der Waals surface area contributed by atoms with Crippen LogP contribution in [-0.4, -0.2) is 19.9 Å². The average molecular weight is 251 g/mol. The predicted octanol–water partition coefficient (Wildman–Crippen LogP) is 2.43. The maximum absolute atomic E-state index is 9.10. The molecule has 0 aliphatic carbocycles. The van der Waals surface area contributed by atoms with Gasteiger partial charge < -0.3 is 5.11 Å². The molecule has 0 amide bonds. The smallest absolute Gasteiger partial charge is 0.153 e. The van der Waals surface area contributed by atoms with E-state index in [2.05, 4.69) is 10.1 Å². The molecule has 0 unspecified atom stereocenters. The van der Waals surface area contributed by atoms with Gasteiger partial charge in [0.05, 0.1) is 18.5 Å². The van der Waals surface area contributed by atoms with E-state index in [1.807, 2.05) is 54.9 Å². The van der Waals surface area contributed by atoms with Crippen LogP contribution in [0.15, 0.2) is 60.9 Å². The Morgan fingerprint density at radius 1 is 0.947 bits per heavy atom. The van der Waals surface area contributed by atoms with Gasteiger partial charge in [0.15, 0.2) is 5.82 Å². The highest BCUT2D eigenvalue weighted by atomic mass is 16.3. The van der Waals surface area contributed by atoms with E-state index in [0.717, 1.165) is 11.1 Å². The number of nitrogens with zero attached hydrogens (tertiary/aromatic N) is 3. The first-order chi connectivity index (χ1) is 9.36. The fourth-order valence-electron chi connectivity index (χ4n) is 1.91. The first-order valence-corrected chi connectivity index (χ1v) is 6.04. The van der Waals surface area contributed by atoms with Crippen LogP contribution in [0.1, 0.15) is 5.69 Å². The second-order valence-electron chi connectivity index (χ2n) is 4.18. The van der Waals surface area contributed by atoms with Gasteiger partial charge in [-0.05, 0) is 17.7 Å².